The molecular weight excluding hydrogens is 448 g/mol. The fourth-order valence-electron chi connectivity index (χ4n) is 4.38. The number of amides is 2. The third-order valence-corrected chi connectivity index (χ3v) is 6.16. The molecule has 1 aliphatic rings. The van der Waals surface area contributed by atoms with Gasteiger partial charge in [-0.1, -0.05) is 62.4 Å². The maximum Gasteiger partial charge on any atom is 0.407 e. The van der Waals surface area contributed by atoms with Gasteiger partial charge in [0.15, 0.2) is 5.69 Å². The van der Waals surface area contributed by atoms with Gasteiger partial charge in [0.25, 0.3) is 0 Å². The van der Waals surface area contributed by atoms with E-state index >= 15 is 0 Å². The van der Waals surface area contributed by atoms with Crippen molar-refractivity contribution in [2.24, 2.45) is 13.0 Å². The standard InChI is InChI=1S/C26H28N4O5/c1-15(2)21(12-23(31)27-22-13-30(3)29-24(22)25(32)33)28-26(34)35-14-20-18-10-6-4-8-16(18)17-9-5-7-11-19(17)20/h4-11,13,15,20-21H,12,14H2,1-3H3,(H,27,31)(H,28,34)(H,32,33)/t21-/m1/s1. The zero-order chi connectivity index (χ0) is 25.1. The van der Waals surface area contributed by atoms with Crippen LogP contribution in [0, 0.1) is 5.92 Å². The number of carbonyl (C=O) groups is 3. The van der Waals surface area contributed by atoms with Crippen LogP contribution in [-0.2, 0) is 16.6 Å². The first kappa shape index (κ1) is 24.0. The smallest absolute Gasteiger partial charge is 0.407 e. The number of nitrogens with one attached hydrogen (secondary N) is 2. The first-order valence-corrected chi connectivity index (χ1v) is 11.4. The Morgan fingerprint density at radius 2 is 1.66 bits per heavy atom. The van der Waals surface area contributed by atoms with Crippen LogP contribution in [0.2, 0.25) is 0 Å². The van der Waals surface area contributed by atoms with Gasteiger partial charge in [0.1, 0.15) is 6.61 Å². The van der Waals surface area contributed by atoms with E-state index in [-0.39, 0.29) is 36.2 Å². The molecule has 1 aromatic heterocycles. The zero-order valence-electron chi connectivity index (χ0n) is 19.8. The number of benzene rings is 2. The van der Waals surface area contributed by atoms with E-state index in [4.69, 9.17) is 4.74 Å². The number of nitrogens with zero attached hydrogens (tertiary/aromatic N) is 2. The van der Waals surface area contributed by atoms with Gasteiger partial charge < -0.3 is 20.5 Å². The Labute approximate surface area is 203 Å². The Kier molecular flexibility index (Phi) is 6.86. The van der Waals surface area contributed by atoms with Crippen LogP contribution in [0.5, 0.6) is 0 Å². The minimum absolute atomic E-state index is 0.0458. The molecule has 0 spiro atoms. The molecule has 1 aliphatic carbocycles. The molecule has 1 atom stereocenters. The molecule has 2 aromatic carbocycles. The van der Waals surface area contributed by atoms with Gasteiger partial charge in [0.2, 0.25) is 5.91 Å². The molecule has 0 bridgehead atoms. The average molecular weight is 477 g/mol. The highest BCUT2D eigenvalue weighted by Gasteiger charge is 2.30. The molecular formula is C26H28N4O5. The lowest BCUT2D eigenvalue weighted by molar-refractivity contribution is -0.116. The van der Waals surface area contributed by atoms with Crippen LogP contribution in [0.1, 0.15) is 47.8 Å². The quantitative estimate of drug-likeness (QED) is 0.452. The molecule has 3 aromatic rings. The minimum Gasteiger partial charge on any atom is -0.476 e. The fourth-order valence-corrected chi connectivity index (χ4v) is 4.38. The highest BCUT2D eigenvalue weighted by atomic mass is 16.5. The fraction of sp³-hybridized carbons (Fsp3) is 0.308. The number of hydrogen-bond acceptors (Lipinski definition) is 5. The number of fused-ring (bicyclic) bond motifs is 3. The first-order valence-electron chi connectivity index (χ1n) is 11.4. The maximum absolute atomic E-state index is 12.7. The number of carboxylic acids is 1. The highest BCUT2D eigenvalue weighted by molar-refractivity contribution is 5.99. The lowest BCUT2D eigenvalue weighted by atomic mass is 9.98. The van der Waals surface area contributed by atoms with Gasteiger partial charge in [-0.05, 0) is 28.2 Å². The van der Waals surface area contributed by atoms with E-state index in [0.29, 0.717) is 0 Å². The topological polar surface area (TPSA) is 123 Å². The average Bonchev–Trinajstić information content (AvgIpc) is 3.34. The number of carbonyl (C=O) groups excluding carboxylic acids is 2. The molecule has 4 rings (SSSR count). The molecule has 0 saturated heterocycles. The van der Waals surface area contributed by atoms with E-state index < -0.39 is 24.0 Å². The van der Waals surface area contributed by atoms with Gasteiger partial charge in [0.05, 0.1) is 5.69 Å². The van der Waals surface area contributed by atoms with E-state index in [2.05, 4.69) is 27.9 Å². The van der Waals surface area contributed by atoms with E-state index in [0.717, 1.165) is 22.3 Å². The Hall–Kier alpha value is -4.14. The predicted octanol–water partition coefficient (Wildman–Crippen LogP) is 4.01. The lowest BCUT2D eigenvalue weighted by Crippen LogP contribution is -2.41. The second kappa shape index (κ2) is 10.0. The summed E-state index contributed by atoms with van der Waals surface area (Å²) >= 11 is 0. The summed E-state index contributed by atoms with van der Waals surface area (Å²) in [6, 6.07) is 15.7. The van der Waals surface area contributed by atoms with Crippen LogP contribution >= 0.6 is 0 Å². The monoisotopic (exact) mass is 476 g/mol. The van der Waals surface area contributed by atoms with Crippen LogP contribution in [0.15, 0.2) is 54.7 Å². The van der Waals surface area contributed by atoms with Crippen LogP contribution in [0.4, 0.5) is 10.5 Å². The first-order chi connectivity index (χ1) is 16.7. The summed E-state index contributed by atoms with van der Waals surface area (Å²) in [4.78, 5) is 36.6. The summed E-state index contributed by atoms with van der Waals surface area (Å²) in [5, 5.41) is 18.4. The van der Waals surface area contributed by atoms with E-state index in [1.807, 2.05) is 50.2 Å². The third kappa shape index (κ3) is 5.18. The summed E-state index contributed by atoms with van der Waals surface area (Å²) in [7, 11) is 1.57. The van der Waals surface area contributed by atoms with Crippen molar-refractivity contribution in [3.63, 3.8) is 0 Å². The van der Waals surface area contributed by atoms with Crippen molar-refractivity contribution in [3.8, 4) is 11.1 Å². The number of hydrogen-bond donors (Lipinski definition) is 3. The van der Waals surface area contributed by atoms with Crippen LogP contribution in [0.3, 0.4) is 0 Å². The molecule has 0 fully saturated rings. The SMILES string of the molecule is CC(C)[C@@H](CC(=O)Nc1cn(C)nc1C(=O)O)NC(=O)OCC1c2ccccc2-c2ccccc21. The Balaban J connectivity index is 1.38. The Bertz CT molecular complexity index is 1220. The Morgan fingerprint density at radius 3 is 2.23 bits per heavy atom. The maximum atomic E-state index is 12.7. The van der Waals surface area contributed by atoms with Gasteiger partial charge in [-0.25, -0.2) is 9.59 Å². The van der Waals surface area contributed by atoms with Crippen molar-refractivity contribution in [1.29, 1.82) is 0 Å². The molecule has 182 valence electrons. The second-order valence-corrected chi connectivity index (χ2v) is 8.94. The van der Waals surface area contributed by atoms with Crippen molar-refractivity contribution in [3.05, 3.63) is 71.5 Å². The number of carboxylic acid groups (broad SMARTS) is 1. The summed E-state index contributed by atoms with van der Waals surface area (Å²) in [5.41, 5.74) is 4.38. The van der Waals surface area contributed by atoms with Crippen molar-refractivity contribution < 1.29 is 24.2 Å². The molecule has 35 heavy (non-hydrogen) atoms. The van der Waals surface area contributed by atoms with Gasteiger partial charge in [-0.3, -0.25) is 9.48 Å². The van der Waals surface area contributed by atoms with Gasteiger partial charge >= 0.3 is 12.1 Å². The number of alkyl carbamates (subject to hydrolysis) is 1. The van der Waals surface area contributed by atoms with Gasteiger partial charge in [-0.15, -0.1) is 0 Å². The minimum atomic E-state index is -1.24. The number of ether oxygens (including phenoxy) is 1. The molecule has 0 radical (unpaired) electrons. The van der Waals surface area contributed by atoms with Gasteiger partial charge in [-0.2, -0.15) is 5.10 Å². The van der Waals surface area contributed by atoms with Crippen LogP contribution in [0.25, 0.3) is 11.1 Å². The van der Waals surface area contributed by atoms with Crippen LogP contribution in [-0.4, -0.2) is 45.5 Å². The normalized spacial score (nSPS) is 13.1. The van der Waals surface area contributed by atoms with E-state index in [9.17, 15) is 19.5 Å². The summed E-state index contributed by atoms with van der Waals surface area (Å²) in [5.74, 6) is -1.79. The zero-order valence-corrected chi connectivity index (χ0v) is 19.8. The number of rotatable bonds is 8. The van der Waals surface area contributed by atoms with Crippen LogP contribution < -0.4 is 10.6 Å². The molecule has 1 heterocycles. The van der Waals surface area contributed by atoms with Crippen molar-refractivity contribution >= 4 is 23.7 Å². The molecule has 0 unspecified atom stereocenters. The highest BCUT2D eigenvalue weighted by Crippen LogP contribution is 2.44. The number of anilines is 1. The predicted molar refractivity (Wildman–Crippen MR) is 130 cm³/mol. The van der Waals surface area contributed by atoms with Gasteiger partial charge in [0, 0.05) is 31.6 Å². The van der Waals surface area contributed by atoms with Crippen molar-refractivity contribution in [2.45, 2.75) is 32.2 Å². The third-order valence-electron chi connectivity index (χ3n) is 6.16. The molecule has 0 saturated carbocycles. The summed E-state index contributed by atoms with van der Waals surface area (Å²) in [6.07, 6.45) is 0.770. The molecule has 9 nitrogen and oxygen atoms in total. The van der Waals surface area contributed by atoms with E-state index in [1.54, 1.807) is 7.05 Å². The lowest BCUT2D eigenvalue weighted by Gasteiger charge is -2.22. The molecule has 0 aliphatic heterocycles. The molecule has 2 amide bonds. The molecule has 3 N–H and O–H groups in total. The Morgan fingerprint density at radius 1 is 1.06 bits per heavy atom. The summed E-state index contributed by atoms with van der Waals surface area (Å²) in [6.45, 7) is 3.94. The molecule has 9 heteroatoms. The van der Waals surface area contributed by atoms with Crippen molar-refractivity contribution in [2.75, 3.05) is 11.9 Å². The van der Waals surface area contributed by atoms with Crippen molar-refractivity contribution in [1.82, 2.24) is 15.1 Å². The second-order valence-electron chi connectivity index (χ2n) is 8.94. The largest absolute Gasteiger partial charge is 0.476 e. The number of aryl methyl sites for hydroxylation is 1. The van der Waals surface area contributed by atoms with E-state index in [1.165, 1.54) is 10.9 Å². The number of aromatic nitrogens is 2. The number of aromatic carboxylic acids is 1. The summed E-state index contributed by atoms with van der Waals surface area (Å²) < 4.78 is 6.91.